The SMILES string of the molecule is COc1cc(Nc2[c]nc3ccccc3n2)c(OCCN2CCOCC2)c(OC)c1. The number of hydrogen-bond acceptors (Lipinski definition) is 8. The van der Waals surface area contributed by atoms with Gasteiger partial charge in [-0.3, -0.25) is 4.90 Å². The molecule has 1 saturated heterocycles. The van der Waals surface area contributed by atoms with Crippen LogP contribution in [0.4, 0.5) is 11.5 Å². The monoisotopic (exact) mass is 409 g/mol. The van der Waals surface area contributed by atoms with Gasteiger partial charge in [0.2, 0.25) is 0 Å². The third-order valence-corrected chi connectivity index (χ3v) is 4.89. The number of benzene rings is 2. The van der Waals surface area contributed by atoms with Gasteiger partial charge in [0, 0.05) is 31.8 Å². The summed E-state index contributed by atoms with van der Waals surface area (Å²) in [7, 11) is 3.22. The number of methoxy groups -OCH3 is 2. The minimum absolute atomic E-state index is 0.488. The normalized spacial score (nSPS) is 14.5. The molecule has 0 unspecified atom stereocenters. The summed E-state index contributed by atoms with van der Waals surface area (Å²) in [5.74, 6) is 2.30. The number of morpholine rings is 1. The van der Waals surface area contributed by atoms with E-state index in [0.717, 1.165) is 43.9 Å². The number of nitrogens with one attached hydrogen (secondary N) is 1. The molecule has 0 bridgehead atoms. The molecular weight excluding hydrogens is 384 g/mol. The number of fused-ring (bicyclic) bond motifs is 1. The van der Waals surface area contributed by atoms with Crippen molar-refractivity contribution in [2.24, 2.45) is 0 Å². The number of anilines is 2. The molecule has 1 N–H and O–H groups in total. The van der Waals surface area contributed by atoms with Crippen molar-refractivity contribution < 1.29 is 18.9 Å². The van der Waals surface area contributed by atoms with Crippen molar-refractivity contribution in [2.45, 2.75) is 0 Å². The summed E-state index contributed by atoms with van der Waals surface area (Å²) >= 11 is 0. The molecule has 1 aliphatic rings. The summed E-state index contributed by atoms with van der Waals surface area (Å²) in [5.41, 5.74) is 2.24. The lowest BCUT2D eigenvalue weighted by molar-refractivity contribution is 0.0321. The third kappa shape index (κ3) is 4.72. The van der Waals surface area contributed by atoms with Crippen LogP contribution in [0.15, 0.2) is 36.4 Å². The topological polar surface area (TPSA) is 78.0 Å². The highest BCUT2D eigenvalue weighted by atomic mass is 16.5. The summed E-state index contributed by atoms with van der Waals surface area (Å²) in [4.78, 5) is 11.2. The zero-order valence-electron chi connectivity index (χ0n) is 17.2. The second kappa shape index (κ2) is 9.60. The van der Waals surface area contributed by atoms with Gasteiger partial charge in [0.05, 0.1) is 44.2 Å². The highest BCUT2D eigenvalue weighted by molar-refractivity contribution is 5.77. The van der Waals surface area contributed by atoms with E-state index in [1.165, 1.54) is 0 Å². The van der Waals surface area contributed by atoms with E-state index in [9.17, 15) is 0 Å². The Kier molecular flexibility index (Phi) is 6.46. The average molecular weight is 409 g/mol. The van der Waals surface area contributed by atoms with E-state index < -0.39 is 0 Å². The Morgan fingerprint density at radius 1 is 1.10 bits per heavy atom. The molecule has 0 atom stereocenters. The number of rotatable bonds is 8. The first-order valence-electron chi connectivity index (χ1n) is 9.87. The third-order valence-electron chi connectivity index (χ3n) is 4.89. The van der Waals surface area contributed by atoms with E-state index in [0.29, 0.717) is 35.4 Å². The van der Waals surface area contributed by atoms with Crippen molar-refractivity contribution in [3.63, 3.8) is 0 Å². The van der Waals surface area contributed by atoms with Gasteiger partial charge in [-0.25, -0.2) is 9.97 Å². The van der Waals surface area contributed by atoms with Crippen LogP contribution in [0.25, 0.3) is 11.0 Å². The first kappa shape index (κ1) is 20.2. The van der Waals surface area contributed by atoms with Crippen molar-refractivity contribution in [1.29, 1.82) is 0 Å². The van der Waals surface area contributed by atoms with E-state index in [1.54, 1.807) is 20.3 Å². The Labute approximate surface area is 175 Å². The van der Waals surface area contributed by atoms with Crippen molar-refractivity contribution in [3.8, 4) is 17.2 Å². The summed E-state index contributed by atoms with van der Waals surface area (Å²) < 4.78 is 22.5. The van der Waals surface area contributed by atoms with Gasteiger partial charge >= 0.3 is 0 Å². The van der Waals surface area contributed by atoms with E-state index in [2.05, 4.69) is 26.4 Å². The van der Waals surface area contributed by atoms with Crippen molar-refractivity contribution in [1.82, 2.24) is 14.9 Å². The molecule has 0 amide bonds. The quantitative estimate of drug-likeness (QED) is 0.609. The van der Waals surface area contributed by atoms with Crippen LogP contribution in [0.2, 0.25) is 0 Å². The molecule has 0 saturated carbocycles. The molecule has 1 fully saturated rings. The predicted molar refractivity (Wildman–Crippen MR) is 114 cm³/mol. The maximum absolute atomic E-state index is 6.13. The van der Waals surface area contributed by atoms with Gasteiger partial charge in [0.1, 0.15) is 18.6 Å². The number of para-hydroxylation sites is 2. The Morgan fingerprint density at radius 3 is 2.67 bits per heavy atom. The lowest BCUT2D eigenvalue weighted by atomic mass is 10.2. The molecule has 30 heavy (non-hydrogen) atoms. The lowest BCUT2D eigenvalue weighted by Crippen LogP contribution is -2.38. The molecule has 0 aliphatic carbocycles. The van der Waals surface area contributed by atoms with Crippen LogP contribution in [0.1, 0.15) is 0 Å². The maximum Gasteiger partial charge on any atom is 0.185 e. The number of nitrogens with zero attached hydrogens (tertiary/aromatic N) is 3. The van der Waals surface area contributed by atoms with Gasteiger partial charge in [-0.1, -0.05) is 12.1 Å². The first-order chi connectivity index (χ1) is 14.8. The highest BCUT2D eigenvalue weighted by Gasteiger charge is 2.17. The Hall–Kier alpha value is -3.10. The fourth-order valence-corrected chi connectivity index (χ4v) is 3.29. The van der Waals surface area contributed by atoms with Crippen LogP contribution in [0.3, 0.4) is 0 Å². The summed E-state index contributed by atoms with van der Waals surface area (Å²) in [6, 6.07) is 11.3. The average Bonchev–Trinajstić information content (AvgIpc) is 2.80. The second-order valence-corrected chi connectivity index (χ2v) is 6.81. The van der Waals surface area contributed by atoms with Gasteiger partial charge < -0.3 is 24.3 Å². The van der Waals surface area contributed by atoms with Crippen LogP contribution in [-0.2, 0) is 4.74 Å². The van der Waals surface area contributed by atoms with E-state index >= 15 is 0 Å². The molecule has 0 spiro atoms. The van der Waals surface area contributed by atoms with Crippen molar-refractivity contribution in [2.75, 3.05) is 59.0 Å². The summed E-state index contributed by atoms with van der Waals surface area (Å²) in [6.45, 7) is 4.67. The Balaban J connectivity index is 1.57. The molecule has 2 aromatic carbocycles. The molecule has 157 valence electrons. The van der Waals surface area contributed by atoms with Gasteiger partial charge in [0.25, 0.3) is 0 Å². The molecular formula is C22H25N4O4. The highest BCUT2D eigenvalue weighted by Crippen LogP contribution is 2.40. The van der Waals surface area contributed by atoms with Crippen LogP contribution >= 0.6 is 0 Å². The first-order valence-corrected chi connectivity index (χ1v) is 9.87. The van der Waals surface area contributed by atoms with Gasteiger partial charge in [-0.2, -0.15) is 0 Å². The van der Waals surface area contributed by atoms with E-state index in [4.69, 9.17) is 18.9 Å². The van der Waals surface area contributed by atoms with Gasteiger partial charge in [-0.15, -0.1) is 0 Å². The standard InChI is InChI=1S/C22H25N4O4/c1-27-16-13-19(25-21-15-23-17-5-3-4-6-18(17)24-21)22(20(14-16)28-2)30-12-9-26-7-10-29-11-8-26/h3-6,13-14H,7-12H2,1-2H3,(H,24,25). The number of aromatic nitrogens is 2. The van der Waals surface area contributed by atoms with E-state index in [1.807, 2.05) is 30.3 Å². The van der Waals surface area contributed by atoms with Crippen LogP contribution in [0, 0.1) is 6.20 Å². The molecule has 2 heterocycles. The molecule has 4 rings (SSSR count). The number of hydrogen-bond donors (Lipinski definition) is 1. The zero-order valence-corrected chi connectivity index (χ0v) is 17.2. The zero-order chi connectivity index (χ0) is 20.8. The molecule has 1 radical (unpaired) electrons. The summed E-state index contributed by atoms with van der Waals surface area (Å²) in [5, 5.41) is 3.25. The molecule has 1 aromatic heterocycles. The van der Waals surface area contributed by atoms with Crippen molar-refractivity contribution >= 4 is 22.5 Å². The molecule has 3 aromatic rings. The fourth-order valence-electron chi connectivity index (χ4n) is 3.29. The van der Waals surface area contributed by atoms with Crippen LogP contribution < -0.4 is 19.5 Å². The minimum atomic E-state index is 0.488. The maximum atomic E-state index is 6.13. The predicted octanol–water partition coefficient (Wildman–Crippen LogP) is 2.90. The Morgan fingerprint density at radius 2 is 1.90 bits per heavy atom. The molecule has 1 aliphatic heterocycles. The van der Waals surface area contributed by atoms with E-state index in [-0.39, 0.29) is 0 Å². The minimum Gasteiger partial charge on any atom is -0.497 e. The second-order valence-electron chi connectivity index (χ2n) is 6.81. The Bertz CT molecular complexity index is 992. The van der Waals surface area contributed by atoms with Crippen LogP contribution in [0.5, 0.6) is 17.2 Å². The molecule has 8 heteroatoms. The number of ether oxygens (including phenoxy) is 4. The fraction of sp³-hybridized carbons (Fsp3) is 0.364. The molecule has 8 nitrogen and oxygen atoms in total. The smallest absolute Gasteiger partial charge is 0.185 e. The largest absolute Gasteiger partial charge is 0.497 e. The van der Waals surface area contributed by atoms with Crippen LogP contribution in [-0.4, -0.2) is 68.5 Å². The lowest BCUT2D eigenvalue weighted by Gasteiger charge is -2.26. The van der Waals surface area contributed by atoms with Gasteiger partial charge in [0.15, 0.2) is 17.3 Å². The summed E-state index contributed by atoms with van der Waals surface area (Å²) in [6.07, 6.45) is 2.94. The van der Waals surface area contributed by atoms with Crippen molar-refractivity contribution in [3.05, 3.63) is 42.6 Å². The van der Waals surface area contributed by atoms with Gasteiger partial charge in [-0.05, 0) is 12.1 Å².